The van der Waals surface area contributed by atoms with Crippen LogP contribution in [0.3, 0.4) is 0 Å². The molecule has 4 rings (SSSR count). The van der Waals surface area contributed by atoms with Crippen molar-refractivity contribution in [3.8, 4) is 5.75 Å². The Kier molecular flexibility index (Phi) is 8.30. The molecule has 0 aromatic heterocycles. The van der Waals surface area contributed by atoms with E-state index in [9.17, 15) is 34.2 Å². The lowest BCUT2D eigenvalue weighted by Crippen LogP contribution is -2.74. The second kappa shape index (κ2) is 11.0. The topological polar surface area (TPSA) is 158 Å². The van der Waals surface area contributed by atoms with Crippen molar-refractivity contribution in [1.82, 2.24) is 9.80 Å². The quantitative estimate of drug-likeness (QED) is 0.389. The number of Topliss-reactive ketones (excluding diaryl/α,β-unsaturated/α-hetero) is 4. The highest BCUT2D eigenvalue weighted by Crippen LogP contribution is 2.51. The number of carbonyl (C=O) groups is 5. The Labute approximate surface area is 239 Å². The number of aliphatic hydroxyl groups is 1. The molecule has 2 fully saturated rings. The average Bonchev–Trinajstić information content (AvgIpc) is 2.85. The fourth-order valence-electron chi connectivity index (χ4n) is 6.99. The third-order valence-electron chi connectivity index (χ3n) is 9.17. The number of amides is 1. The van der Waals surface area contributed by atoms with E-state index in [1.165, 1.54) is 25.1 Å². The third kappa shape index (κ3) is 4.91. The van der Waals surface area contributed by atoms with Gasteiger partial charge in [-0.15, -0.1) is 0 Å². The summed E-state index contributed by atoms with van der Waals surface area (Å²) < 4.78 is 16.1. The van der Waals surface area contributed by atoms with Crippen molar-refractivity contribution in [3.05, 3.63) is 28.6 Å². The number of hydrogen-bond acceptors (Lipinski definition) is 9. The molecule has 0 aliphatic heterocycles. The van der Waals surface area contributed by atoms with Gasteiger partial charge in [-0.1, -0.05) is 13.8 Å². The van der Waals surface area contributed by atoms with Gasteiger partial charge in [0.1, 0.15) is 11.6 Å². The zero-order valence-electron chi connectivity index (χ0n) is 24.4. The first-order valence-electron chi connectivity index (χ1n) is 14.2. The molecule has 1 amide bonds. The van der Waals surface area contributed by atoms with Gasteiger partial charge >= 0.3 is 0 Å². The predicted molar refractivity (Wildman–Crippen MR) is 146 cm³/mol. The second-order valence-electron chi connectivity index (χ2n) is 12.8. The minimum atomic E-state index is -2.81. The lowest BCUT2D eigenvalue weighted by molar-refractivity contribution is -0.181. The van der Waals surface area contributed by atoms with Crippen LogP contribution in [0.4, 0.5) is 4.39 Å². The van der Waals surface area contributed by atoms with E-state index >= 15 is 4.39 Å². The third-order valence-corrected chi connectivity index (χ3v) is 9.17. The van der Waals surface area contributed by atoms with Crippen LogP contribution in [0.1, 0.15) is 62.0 Å². The number of aromatic hydroxyl groups is 1. The zero-order chi connectivity index (χ0) is 30.7. The molecule has 3 aliphatic carbocycles. The highest BCUT2D eigenvalue weighted by molar-refractivity contribution is 6.32. The molecule has 0 heterocycles. The monoisotopic (exact) mass is 573 g/mol. The number of benzene rings is 1. The Balaban J connectivity index is 1.77. The molecule has 11 heteroatoms. The van der Waals surface area contributed by atoms with E-state index in [1.807, 2.05) is 13.8 Å². The lowest BCUT2D eigenvalue weighted by atomic mass is 9.52. The number of ketones is 4. The zero-order valence-corrected chi connectivity index (χ0v) is 24.4. The van der Waals surface area contributed by atoms with Crippen LogP contribution < -0.4 is 5.73 Å². The molecule has 1 aromatic carbocycles. The fraction of sp³-hybridized carbons (Fsp3) is 0.633. The van der Waals surface area contributed by atoms with E-state index in [2.05, 4.69) is 18.7 Å². The number of hydrogen-bond donors (Lipinski definition) is 3. The normalized spacial score (nSPS) is 29.8. The number of rotatable bonds is 8. The molecule has 1 aromatic rings. The molecular weight excluding hydrogens is 533 g/mol. The van der Waals surface area contributed by atoms with Crippen molar-refractivity contribution in [2.45, 2.75) is 71.2 Å². The predicted octanol–water partition coefficient (Wildman–Crippen LogP) is 1.26. The summed E-state index contributed by atoms with van der Waals surface area (Å²) in [6.07, 6.45) is 0.667. The number of fused-ring (bicyclic) bond motifs is 3. The van der Waals surface area contributed by atoms with Gasteiger partial charge < -0.3 is 15.9 Å². The van der Waals surface area contributed by atoms with Crippen molar-refractivity contribution >= 4 is 29.0 Å². The summed E-state index contributed by atoms with van der Waals surface area (Å²) in [6.45, 7) is 9.11. The summed E-state index contributed by atoms with van der Waals surface area (Å²) in [5.74, 6) is -11.8. The van der Waals surface area contributed by atoms with Gasteiger partial charge in [-0.3, -0.25) is 33.8 Å². The van der Waals surface area contributed by atoms with Crippen LogP contribution in [0.5, 0.6) is 5.75 Å². The molecule has 0 spiro atoms. The van der Waals surface area contributed by atoms with Crippen molar-refractivity contribution in [2.24, 2.45) is 35.3 Å². The molecule has 10 nitrogen and oxygen atoms in total. The number of phenolic OH excluding ortho intramolecular Hbond substituents is 1. The number of halogens is 1. The van der Waals surface area contributed by atoms with E-state index in [-0.39, 0.29) is 42.1 Å². The SMILES string of the molecule is CC(C)CCN(Cc1cc(O)c2c(c1F)C[C@H]1C[C@H]3[C@H](N(C)C)C(=O)C(C(N)=O)C(=O)[C@@]3(O)C(=O)C1C2=O)C(C)C. The van der Waals surface area contributed by atoms with Crippen molar-refractivity contribution in [1.29, 1.82) is 0 Å². The van der Waals surface area contributed by atoms with Gasteiger partial charge in [-0.2, -0.15) is 0 Å². The largest absolute Gasteiger partial charge is 0.507 e. The molecule has 0 radical (unpaired) electrons. The van der Waals surface area contributed by atoms with Crippen LogP contribution in [-0.4, -0.2) is 87.4 Å². The van der Waals surface area contributed by atoms with E-state index in [4.69, 9.17) is 5.73 Å². The van der Waals surface area contributed by atoms with Crippen LogP contribution in [0, 0.1) is 35.4 Å². The minimum Gasteiger partial charge on any atom is -0.507 e. The van der Waals surface area contributed by atoms with Gasteiger partial charge in [0, 0.05) is 29.6 Å². The van der Waals surface area contributed by atoms with Gasteiger partial charge in [0.25, 0.3) is 0 Å². The summed E-state index contributed by atoms with van der Waals surface area (Å²) >= 11 is 0. The van der Waals surface area contributed by atoms with E-state index < -0.39 is 75.9 Å². The Hall–Kier alpha value is -3.02. The number of nitrogens with zero attached hydrogens (tertiary/aromatic N) is 2. The minimum absolute atomic E-state index is 0.0121. The van der Waals surface area contributed by atoms with Crippen LogP contribution >= 0.6 is 0 Å². The van der Waals surface area contributed by atoms with Crippen LogP contribution in [0.15, 0.2) is 6.07 Å². The number of nitrogens with two attached hydrogens (primary N) is 1. The molecule has 2 unspecified atom stereocenters. The van der Waals surface area contributed by atoms with Crippen LogP contribution in [-0.2, 0) is 32.1 Å². The molecule has 224 valence electrons. The second-order valence-corrected chi connectivity index (χ2v) is 12.8. The number of primary amides is 1. The van der Waals surface area contributed by atoms with E-state index in [0.29, 0.717) is 12.5 Å². The van der Waals surface area contributed by atoms with Crippen LogP contribution in [0.25, 0.3) is 0 Å². The highest BCUT2D eigenvalue weighted by atomic mass is 19.1. The molecule has 4 N–H and O–H groups in total. The van der Waals surface area contributed by atoms with Gasteiger partial charge in [0.15, 0.2) is 34.7 Å². The van der Waals surface area contributed by atoms with E-state index in [1.54, 1.807) is 0 Å². The Bertz CT molecular complexity index is 1310. The Morgan fingerprint density at radius 2 is 1.78 bits per heavy atom. The van der Waals surface area contributed by atoms with Gasteiger partial charge in [-0.05, 0) is 71.7 Å². The highest BCUT2D eigenvalue weighted by Gasteiger charge is 2.69. The number of carbonyl (C=O) groups excluding carboxylic acids is 5. The van der Waals surface area contributed by atoms with Gasteiger partial charge in [0.2, 0.25) is 5.91 Å². The maximum absolute atomic E-state index is 16.1. The van der Waals surface area contributed by atoms with Gasteiger partial charge in [-0.25, -0.2) is 4.39 Å². The summed E-state index contributed by atoms with van der Waals surface area (Å²) in [5, 5.41) is 22.5. The van der Waals surface area contributed by atoms with E-state index in [0.717, 1.165) is 6.42 Å². The number of phenols is 1. The van der Waals surface area contributed by atoms with Crippen LogP contribution in [0.2, 0.25) is 0 Å². The van der Waals surface area contributed by atoms with Crippen molar-refractivity contribution < 1.29 is 38.6 Å². The Morgan fingerprint density at radius 3 is 2.32 bits per heavy atom. The van der Waals surface area contributed by atoms with Gasteiger partial charge in [0.05, 0.1) is 17.5 Å². The Morgan fingerprint density at radius 1 is 1.15 bits per heavy atom. The van der Waals surface area contributed by atoms with Crippen molar-refractivity contribution in [3.63, 3.8) is 0 Å². The molecule has 3 aliphatic rings. The standard InChI is InChI=1S/C30H40FN3O7/c1-13(2)7-8-34(14(3)4)12-16-11-19(35)21-17(23(16)31)9-15-10-18-24(33(5)6)26(37)22(29(32)40)28(39)30(18,41)27(38)20(15)25(21)36/h11,13-15,18,20,22,24,35,41H,7-10,12H2,1-6H3,(H2,32,40)/t15-,18-,20?,22?,24-,30-/m0/s1. The molecule has 0 bridgehead atoms. The van der Waals surface area contributed by atoms with Crippen molar-refractivity contribution in [2.75, 3.05) is 20.6 Å². The fourth-order valence-corrected chi connectivity index (χ4v) is 6.99. The summed E-state index contributed by atoms with van der Waals surface area (Å²) in [7, 11) is 3.02. The molecule has 2 saturated carbocycles. The summed E-state index contributed by atoms with van der Waals surface area (Å²) in [6, 6.07) is 0.0960. The lowest BCUT2D eigenvalue weighted by Gasteiger charge is -2.52. The first-order valence-corrected chi connectivity index (χ1v) is 14.2. The summed E-state index contributed by atoms with van der Waals surface area (Å²) in [5.41, 5.74) is 2.40. The summed E-state index contributed by atoms with van der Waals surface area (Å²) in [4.78, 5) is 69.7. The maximum atomic E-state index is 16.1. The molecule has 6 atom stereocenters. The molecular formula is C30H40FN3O7. The first kappa shape index (κ1) is 30.9. The average molecular weight is 574 g/mol. The maximum Gasteiger partial charge on any atom is 0.235 e. The molecule has 41 heavy (non-hydrogen) atoms. The number of likely N-dealkylation sites (N-methyl/N-ethyl adjacent to an activating group) is 1. The molecule has 0 saturated heterocycles. The smallest absolute Gasteiger partial charge is 0.235 e. The first-order chi connectivity index (χ1) is 19.0.